The monoisotopic (exact) mass is 718 g/mol. The minimum atomic E-state index is -1.47. The summed E-state index contributed by atoms with van der Waals surface area (Å²) >= 11 is 0. The second kappa shape index (κ2) is 15.4. The highest BCUT2D eigenvalue weighted by molar-refractivity contribution is 5.97. The van der Waals surface area contributed by atoms with Gasteiger partial charge in [-0.05, 0) is 106 Å². The summed E-state index contributed by atoms with van der Waals surface area (Å²) in [4.78, 5) is 73.8. The average molecular weight is 719 g/mol. The highest BCUT2D eigenvalue weighted by Gasteiger charge is 2.57. The summed E-state index contributed by atoms with van der Waals surface area (Å²) in [6.07, 6.45) is 4.92. The van der Waals surface area contributed by atoms with Gasteiger partial charge in [-0.2, -0.15) is 5.06 Å². The Bertz CT molecular complexity index is 1330. The van der Waals surface area contributed by atoms with Crippen LogP contribution in [0, 0.1) is 17.3 Å². The molecule has 5 amide bonds. The minimum absolute atomic E-state index is 0.0456. The largest absolute Gasteiger partial charge is 0.444 e. The molecule has 0 aromatic rings. The van der Waals surface area contributed by atoms with Crippen molar-refractivity contribution in [1.29, 1.82) is 0 Å². The Hall–Kier alpha value is -3.19. The lowest BCUT2D eigenvalue weighted by atomic mass is 9.69. The molecule has 0 radical (unpaired) electrons. The van der Waals surface area contributed by atoms with E-state index in [9.17, 15) is 29.2 Å². The first-order valence-corrected chi connectivity index (χ1v) is 18.6. The molecule has 290 valence electrons. The molecule has 51 heavy (non-hydrogen) atoms. The van der Waals surface area contributed by atoms with Crippen LogP contribution in [0.15, 0.2) is 12.2 Å². The number of rotatable bonds is 3. The third-order valence-corrected chi connectivity index (χ3v) is 10.1. The van der Waals surface area contributed by atoms with Gasteiger partial charge in [0.1, 0.15) is 23.2 Å². The van der Waals surface area contributed by atoms with E-state index in [2.05, 4.69) is 16.0 Å². The van der Waals surface area contributed by atoms with Crippen LogP contribution in [0.1, 0.15) is 122 Å². The quantitative estimate of drug-likeness (QED) is 0.313. The first-order valence-electron chi connectivity index (χ1n) is 18.6. The van der Waals surface area contributed by atoms with Crippen molar-refractivity contribution in [2.45, 2.75) is 162 Å². The maximum atomic E-state index is 14.5. The van der Waals surface area contributed by atoms with Gasteiger partial charge in [0.2, 0.25) is 23.6 Å². The zero-order valence-electron chi connectivity index (χ0n) is 33.4. The predicted octanol–water partition coefficient (Wildman–Crippen LogP) is 4.38. The molecule has 3 aliphatic heterocycles. The van der Waals surface area contributed by atoms with Crippen molar-refractivity contribution in [1.82, 2.24) is 30.8 Å². The molecule has 3 atom stereocenters. The Morgan fingerprint density at radius 2 is 1.55 bits per heavy atom. The molecule has 3 aliphatic rings. The predicted molar refractivity (Wildman–Crippen MR) is 196 cm³/mol. The molecule has 0 aliphatic carbocycles. The molecular weight excluding hydrogens is 652 g/mol. The fraction of sp³-hybridized carbons (Fsp3) is 0.816. The van der Waals surface area contributed by atoms with Gasteiger partial charge in [0.05, 0.1) is 11.5 Å². The van der Waals surface area contributed by atoms with E-state index in [0.29, 0.717) is 25.8 Å². The third kappa shape index (κ3) is 10.0. The van der Waals surface area contributed by atoms with Gasteiger partial charge < -0.3 is 30.8 Å². The fourth-order valence-electron chi connectivity index (χ4n) is 7.95. The summed E-state index contributed by atoms with van der Waals surface area (Å²) in [6.45, 7) is 24.5. The van der Waals surface area contributed by atoms with E-state index in [1.54, 1.807) is 50.5 Å². The van der Waals surface area contributed by atoms with E-state index in [4.69, 9.17) is 4.74 Å². The van der Waals surface area contributed by atoms with Crippen LogP contribution in [0.3, 0.4) is 0 Å². The third-order valence-electron chi connectivity index (χ3n) is 10.1. The molecule has 4 N–H and O–H groups in total. The van der Waals surface area contributed by atoms with Crippen LogP contribution in [0.2, 0.25) is 0 Å². The standard InChI is InChI=1S/C38H66N6O7/c1-24(2)21-26-16-17-35(8,9)32(48)43-19-14-15-27(43)29(45)40-28(25(3)4)30(46)41-38(22-36(10,11)44(50)37(12,13)23-38)31(47)39-18-20-42(26)33(49)51-34(5,6)7/h16-17,24-28,50H,14-15,18-23H2,1-13H3,(H,39,47)(H,40,45)(H,41,46)/b17-16+. The van der Waals surface area contributed by atoms with E-state index in [0.717, 1.165) is 0 Å². The second-order valence-electron chi connectivity index (χ2n) is 18.5. The lowest BCUT2D eigenvalue weighted by molar-refractivity contribution is -0.254. The number of amides is 5. The first kappa shape index (κ1) is 42.2. The van der Waals surface area contributed by atoms with Gasteiger partial charge in [-0.1, -0.05) is 39.8 Å². The van der Waals surface area contributed by atoms with E-state index in [1.807, 2.05) is 61.5 Å². The van der Waals surface area contributed by atoms with Crippen molar-refractivity contribution >= 4 is 29.7 Å². The normalized spacial score (nSPS) is 28.4. The molecule has 2 fully saturated rings. The first-order chi connectivity index (χ1) is 23.2. The molecule has 3 unspecified atom stereocenters. The molecule has 1 spiro atoms. The maximum Gasteiger partial charge on any atom is 0.410 e. The Labute approximate surface area is 305 Å². The number of nitrogens with one attached hydrogen (secondary N) is 3. The summed E-state index contributed by atoms with van der Waals surface area (Å²) in [5.41, 5.74) is -5.12. The van der Waals surface area contributed by atoms with Gasteiger partial charge in [-0.3, -0.25) is 24.1 Å². The van der Waals surface area contributed by atoms with E-state index in [-0.39, 0.29) is 43.7 Å². The molecular formula is C38H66N6O7. The Morgan fingerprint density at radius 3 is 2.08 bits per heavy atom. The number of carbonyl (C=O) groups excluding carboxylic acids is 5. The number of hydrogen-bond acceptors (Lipinski definition) is 8. The molecule has 13 heteroatoms. The number of ether oxygens (including phenoxy) is 1. The smallest absolute Gasteiger partial charge is 0.410 e. The maximum absolute atomic E-state index is 14.5. The van der Waals surface area contributed by atoms with Crippen molar-refractivity contribution < 1.29 is 33.9 Å². The Balaban J connectivity index is 2.19. The second-order valence-corrected chi connectivity index (χ2v) is 18.5. The van der Waals surface area contributed by atoms with Crippen molar-refractivity contribution in [2.24, 2.45) is 17.3 Å². The molecule has 0 bridgehead atoms. The van der Waals surface area contributed by atoms with Crippen LogP contribution < -0.4 is 16.0 Å². The summed E-state index contributed by atoms with van der Waals surface area (Å²) in [5, 5.41) is 21.4. The summed E-state index contributed by atoms with van der Waals surface area (Å²) in [5.74, 6) is -1.80. The fourth-order valence-corrected chi connectivity index (χ4v) is 7.95. The molecule has 13 nitrogen and oxygen atoms in total. The molecule has 0 saturated carbocycles. The van der Waals surface area contributed by atoms with Gasteiger partial charge in [-0.15, -0.1) is 0 Å². The highest BCUT2D eigenvalue weighted by Crippen LogP contribution is 2.43. The van der Waals surface area contributed by atoms with Crippen molar-refractivity contribution in [2.75, 3.05) is 19.6 Å². The molecule has 3 heterocycles. The summed E-state index contributed by atoms with van der Waals surface area (Å²) in [6, 6.07) is -2.24. The van der Waals surface area contributed by atoms with Gasteiger partial charge >= 0.3 is 6.09 Å². The van der Waals surface area contributed by atoms with Gasteiger partial charge in [0.15, 0.2) is 0 Å². The lowest BCUT2D eigenvalue weighted by Crippen LogP contribution is -2.74. The molecule has 0 aromatic heterocycles. The van der Waals surface area contributed by atoms with E-state index >= 15 is 0 Å². The SMILES string of the molecule is CC(C)CC1/C=C/C(C)(C)C(=O)N2CCCC2C(=O)NC(C(C)C)C(=O)NC2(CC(C)(C)N(O)C(C)(C)C2)C(=O)NCCN1C(=O)OC(C)(C)C. The number of carbonyl (C=O) groups is 5. The number of hydroxylamine groups is 2. The van der Waals surface area contributed by atoms with Crippen molar-refractivity contribution in [3.8, 4) is 0 Å². The lowest BCUT2D eigenvalue weighted by Gasteiger charge is -2.56. The van der Waals surface area contributed by atoms with Crippen LogP contribution in [-0.2, 0) is 23.9 Å². The van der Waals surface area contributed by atoms with Crippen molar-refractivity contribution in [3.63, 3.8) is 0 Å². The average Bonchev–Trinajstić information content (AvgIpc) is 3.46. The van der Waals surface area contributed by atoms with Crippen LogP contribution in [0.5, 0.6) is 0 Å². The summed E-state index contributed by atoms with van der Waals surface area (Å²) in [7, 11) is 0. The summed E-state index contributed by atoms with van der Waals surface area (Å²) < 4.78 is 5.85. The number of hydrogen-bond donors (Lipinski definition) is 4. The van der Waals surface area contributed by atoms with Gasteiger partial charge in [-0.25, -0.2) is 4.79 Å². The Morgan fingerprint density at radius 1 is 0.961 bits per heavy atom. The van der Waals surface area contributed by atoms with Crippen molar-refractivity contribution in [3.05, 3.63) is 12.2 Å². The molecule has 2 saturated heterocycles. The number of nitrogens with zero attached hydrogens (tertiary/aromatic N) is 3. The number of piperidine rings is 1. The highest BCUT2D eigenvalue weighted by atomic mass is 16.6. The molecule has 0 aromatic carbocycles. The van der Waals surface area contributed by atoms with Crippen LogP contribution in [0.4, 0.5) is 4.79 Å². The Kier molecular flexibility index (Phi) is 12.8. The number of fused-ring (bicyclic) bond motifs is 1. The van der Waals surface area contributed by atoms with Gasteiger partial charge in [0, 0.05) is 30.7 Å². The van der Waals surface area contributed by atoms with Crippen LogP contribution >= 0.6 is 0 Å². The van der Waals surface area contributed by atoms with Gasteiger partial charge in [0.25, 0.3) is 0 Å². The van der Waals surface area contributed by atoms with E-state index in [1.165, 1.54) is 5.06 Å². The minimum Gasteiger partial charge on any atom is -0.444 e. The van der Waals surface area contributed by atoms with E-state index < -0.39 is 69.6 Å². The zero-order chi connectivity index (χ0) is 38.9. The zero-order valence-corrected chi connectivity index (χ0v) is 33.4. The van der Waals surface area contributed by atoms with Crippen LogP contribution in [0.25, 0.3) is 0 Å². The topological polar surface area (TPSA) is 161 Å². The molecule has 3 rings (SSSR count). The van der Waals surface area contributed by atoms with Crippen LogP contribution in [-0.4, -0.2) is 110 Å².